The molecule has 0 amide bonds. The number of carbonyl (C=O) groups is 1. The maximum absolute atomic E-state index is 9.44. The summed E-state index contributed by atoms with van der Waals surface area (Å²) in [5, 5.41) is 0. The van der Waals surface area contributed by atoms with Crippen molar-refractivity contribution in [3.63, 3.8) is 0 Å². The van der Waals surface area contributed by atoms with Gasteiger partial charge in [-0.3, -0.25) is 0 Å². The van der Waals surface area contributed by atoms with Crippen LogP contribution in [0.15, 0.2) is 0 Å². The molecule has 2 N–H and O–H groups in total. The monoisotopic (exact) mass is 160 g/mol. The average molecular weight is 160 g/mol. The molecule has 0 atom stereocenters. The van der Waals surface area contributed by atoms with Gasteiger partial charge in [0.1, 0.15) is 5.78 Å². The molecule has 1 aliphatic carbocycles. The molecule has 0 aromatic carbocycles. The lowest BCUT2D eigenvalue weighted by molar-refractivity contribution is -0.114. The van der Waals surface area contributed by atoms with Gasteiger partial charge in [0.2, 0.25) is 0 Å². The highest BCUT2D eigenvalue weighted by atomic mass is 16.1. The number of ketones is 1. The minimum atomic E-state index is 0. The normalized spacial score (nSPS) is 15.5. The van der Waals surface area contributed by atoms with Crippen LogP contribution in [0.4, 0.5) is 0 Å². The first kappa shape index (κ1) is 13.2. The average Bonchev–Trinajstić information content (AvgIpc) is 1.90. The Morgan fingerprint density at radius 3 is 1.00 bits per heavy atom. The van der Waals surface area contributed by atoms with Gasteiger partial charge >= 0.3 is 0 Å². The van der Waals surface area contributed by atoms with Gasteiger partial charge in [-0.05, 0) is 13.8 Å². The Hall–Kier alpha value is -0.370. The smallest absolute Gasteiger partial charge is 0.126 e. The second-order valence-corrected chi connectivity index (χ2v) is 3.03. The molecular formula is C9H20O2. The molecule has 0 saturated heterocycles. The van der Waals surface area contributed by atoms with Crippen molar-refractivity contribution in [2.24, 2.45) is 0 Å². The summed E-state index contributed by atoms with van der Waals surface area (Å²) < 4.78 is 0. The Balaban J connectivity index is 0. The van der Waals surface area contributed by atoms with Gasteiger partial charge in [-0.1, -0.05) is 38.5 Å². The Kier molecular flexibility index (Phi) is 11.6. The topological polar surface area (TPSA) is 48.6 Å². The fraction of sp³-hybridized carbons (Fsp3) is 0.889. The first-order valence-corrected chi connectivity index (χ1v) is 4.20. The highest BCUT2D eigenvalue weighted by Gasteiger charge is 1.95. The van der Waals surface area contributed by atoms with E-state index in [-0.39, 0.29) is 11.3 Å². The largest absolute Gasteiger partial charge is 0.412 e. The van der Waals surface area contributed by atoms with E-state index in [2.05, 4.69) is 0 Å². The zero-order chi connectivity index (χ0) is 7.82. The summed E-state index contributed by atoms with van der Waals surface area (Å²) in [5.41, 5.74) is 0. The predicted octanol–water partition coefficient (Wildman–Crippen LogP) is 2.11. The fourth-order valence-corrected chi connectivity index (χ4v) is 1.06. The van der Waals surface area contributed by atoms with Crippen molar-refractivity contribution < 1.29 is 10.3 Å². The third-order valence-corrected chi connectivity index (χ3v) is 1.50. The molecule has 0 radical (unpaired) electrons. The van der Waals surface area contributed by atoms with Gasteiger partial charge in [0.05, 0.1) is 0 Å². The highest BCUT2D eigenvalue weighted by molar-refractivity contribution is 5.72. The first-order valence-electron chi connectivity index (χ1n) is 4.20. The Morgan fingerprint density at radius 2 is 0.909 bits per heavy atom. The molecule has 0 heterocycles. The van der Waals surface area contributed by atoms with E-state index < -0.39 is 0 Å². The van der Waals surface area contributed by atoms with Crippen molar-refractivity contribution >= 4 is 5.78 Å². The molecule has 0 aromatic heterocycles. The van der Waals surface area contributed by atoms with Crippen LogP contribution < -0.4 is 0 Å². The number of rotatable bonds is 0. The van der Waals surface area contributed by atoms with Crippen LogP contribution >= 0.6 is 0 Å². The zero-order valence-corrected chi connectivity index (χ0v) is 7.65. The van der Waals surface area contributed by atoms with Crippen molar-refractivity contribution in [1.82, 2.24) is 0 Å². The molecule has 1 aliphatic rings. The molecule has 0 aromatic rings. The molecule has 2 nitrogen and oxygen atoms in total. The Morgan fingerprint density at radius 1 is 0.818 bits per heavy atom. The van der Waals surface area contributed by atoms with Gasteiger partial charge in [0.25, 0.3) is 0 Å². The Labute approximate surface area is 69.3 Å². The van der Waals surface area contributed by atoms with Gasteiger partial charge in [0, 0.05) is 0 Å². The minimum Gasteiger partial charge on any atom is -0.412 e. The molecule has 0 aliphatic heterocycles. The van der Waals surface area contributed by atoms with Crippen LogP contribution in [0.5, 0.6) is 0 Å². The second kappa shape index (κ2) is 9.63. The molecule has 1 fully saturated rings. The van der Waals surface area contributed by atoms with E-state index in [4.69, 9.17) is 0 Å². The number of hydrogen-bond acceptors (Lipinski definition) is 1. The number of hydrogen-bond donors (Lipinski definition) is 0. The van der Waals surface area contributed by atoms with Crippen LogP contribution in [-0.4, -0.2) is 11.3 Å². The number of Topliss-reactive ketones (excluding diaryl/α,β-unsaturated/α-hetero) is 1. The molecule has 1 rings (SSSR count). The maximum Gasteiger partial charge on any atom is 0.126 e. The molecule has 1 saturated carbocycles. The van der Waals surface area contributed by atoms with Crippen LogP contribution in [0.1, 0.15) is 52.4 Å². The predicted molar refractivity (Wildman–Crippen MR) is 47.7 cm³/mol. The van der Waals surface area contributed by atoms with E-state index in [1.165, 1.54) is 52.4 Å². The molecule has 0 bridgehead atoms. The zero-order valence-electron chi connectivity index (χ0n) is 7.65. The van der Waals surface area contributed by atoms with E-state index in [1.807, 2.05) is 0 Å². The van der Waals surface area contributed by atoms with E-state index in [0.29, 0.717) is 0 Å². The summed E-state index contributed by atoms with van der Waals surface area (Å²) in [6.45, 7) is 3.06. The van der Waals surface area contributed by atoms with E-state index >= 15 is 0 Å². The lowest BCUT2D eigenvalue weighted by Gasteiger charge is -2.05. The summed E-state index contributed by atoms with van der Waals surface area (Å²) in [7, 11) is 0. The SMILES string of the molecule is C1CCCCC1.CC(C)=O.O. The summed E-state index contributed by atoms with van der Waals surface area (Å²) >= 11 is 0. The van der Waals surface area contributed by atoms with Crippen LogP contribution in [0, 0.1) is 0 Å². The standard InChI is InChI=1S/C6H12.C3H6O.H2O/c1-2-4-6-5-3-1;1-3(2)4;/h1-6H2;1-2H3;1H2. The lowest BCUT2D eigenvalue weighted by Crippen LogP contribution is -1.85. The molecule has 0 spiro atoms. The van der Waals surface area contributed by atoms with Crippen molar-refractivity contribution in [3.8, 4) is 0 Å². The minimum absolute atomic E-state index is 0. The van der Waals surface area contributed by atoms with Crippen molar-refractivity contribution in [3.05, 3.63) is 0 Å². The van der Waals surface area contributed by atoms with Crippen LogP contribution in [0.2, 0.25) is 0 Å². The molecule has 0 unspecified atom stereocenters. The van der Waals surface area contributed by atoms with E-state index in [1.54, 1.807) is 0 Å². The van der Waals surface area contributed by atoms with Crippen molar-refractivity contribution in [2.45, 2.75) is 52.4 Å². The van der Waals surface area contributed by atoms with E-state index in [0.717, 1.165) is 0 Å². The lowest BCUT2D eigenvalue weighted by atomic mass is 10.0. The highest BCUT2D eigenvalue weighted by Crippen LogP contribution is 2.15. The third kappa shape index (κ3) is 17.7. The summed E-state index contributed by atoms with van der Waals surface area (Å²) in [6, 6.07) is 0. The molecule has 11 heavy (non-hydrogen) atoms. The van der Waals surface area contributed by atoms with Gasteiger partial charge in [-0.2, -0.15) is 0 Å². The molecule has 2 heteroatoms. The molecule has 68 valence electrons. The van der Waals surface area contributed by atoms with Crippen LogP contribution in [0.3, 0.4) is 0 Å². The quantitative estimate of drug-likeness (QED) is 0.535. The van der Waals surface area contributed by atoms with E-state index in [9.17, 15) is 4.79 Å². The van der Waals surface area contributed by atoms with Crippen LogP contribution in [0.25, 0.3) is 0 Å². The van der Waals surface area contributed by atoms with Gasteiger partial charge < -0.3 is 10.3 Å². The van der Waals surface area contributed by atoms with Gasteiger partial charge in [-0.25, -0.2) is 0 Å². The second-order valence-electron chi connectivity index (χ2n) is 3.03. The first-order chi connectivity index (χ1) is 4.73. The molecular weight excluding hydrogens is 140 g/mol. The summed E-state index contributed by atoms with van der Waals surface area (Å²) in [4.78, 5) is 9.44. The summed E-state index contributed by atoms with van der Waals surface area (Å²) in [6.07, 6.45) is 9.00. The Bertz CT molecular complexity index is 70.1. The third-order valence-electron chi connectivity index (χ3n) is 1.50. The van der Waals surface area contributed by atoms with Crippen molar-refractivity contribution in [1.29, 1.82) is 0 Å². The fourth-order valence-electron chi connectivity index (χ4n) is 1.06. The van der Waals surface area contributed by atoms with Gasteiger partial charge in [0.15, 0.2) is 0 Å². The summed E-state index contributed by atoms with van der Waals surface area (Å²) in [5.74, 6) is 0.167. The van der Waals surface area contributed by atoms with Crippen molar-refractivity contribution in [2.75, 3.05) is 0 Å². The van der Waals surface area contributed by atoms with Crippen LogP contribution in [-0.2, 0) is 4.79 Å². The number of carbonyl (C=O) groups excluding carboxylic acids is 1. The maximum atomic E-state index is 9.44. The van der Waals surface area contributed by atoms with Gasteiger partial charge in [-0.15, -0.1) is 0 Å².